The first-order chi connectivity index (χ1) is 15.4. The SMILES string of the molecule is CC(C)(C)OC(=O)N1Cc2cccc(/C=C3/N=C(c4cccc(C(F)(F)F)c4)OC3=O)c2C1. The van der Waals surface area contributed by atoms with Gasteiger partial charge < -0.3 is 9.47 Å². The van der Waals surface area contributed by atoms with Crippen molar-refractivity contribution in [2.45, 2.75) is 45.6 Å². The topological polar surface area (TPSA) is 68.2 Å². The maximum atomic E-state index is 13.0. The molecule has 2 heterocycles. The van der Waals surface area contributed by atoms with Gasteiger partial charge in [-0.1, -0.05) is 24.3 Å². The summed E-state index contributed by atoms with van der Waals surface area (Å²) in [4.78, 5) is 30.5. The van der Waals surface area contributed by atoms with Crippen LogP contribution in [0.4, 0.5) is 18.0 Å². The summed E-state index contributed by atoms with van der Waals surface area (Å²) >= 11 is 0. The molecule has 0 atom stereocenters. The van der Waals surface area contributed by atoms with Crippen molar-refractivity contribution in [1.82, 2.24) is 4.90 Å². The van der Waals surface area contributed by atoms with Crippen LogP contribution in [-0.2, 0) is 33.5 Å². The molecule has 0 bridgehead atoms. The van der Waals surface area contributed by atoms with Crippen LogP contribution in [0.2, 0.25) is 0 Å². The van der Waals surface area contributed by atoms with Gasteiger partial charge in [0.15, 0.2) is 5.70 Å². The van der Waals surface area contributed by atoms with Gasteiger partial charge in [-0.2, -0.15) is 13.2 Å². The number of cyclic esters (lactones) is 1. The largest absolute Gasteiger partial charge is 0.444 e. The molecule has 0 spiro atoms. The average Bonchev–Trinajstić information content (AvgIpc) is 3.31. The Hall–Kier alpha value is -3.62. The van der Waals surface area contributed by atoms with Gasteiger partial charge in [-0.3, -0.25) is 4.90 Å². The van der Waals surface area contributed by atoms with Crippen LogP contribution in [0.3, 0.4) is 0 Å². The summed E-state index contributed by atoms with van der Waals surface area (Å²) in [5.41, 5.74) is 0.940. The number of aliphatic imine (C=N–C) groups is 1. The average molecular weight is 458 g/mol. The number of hydrogen-bond acceptors (Lipinski definition) is 5. The van der Waals surface area contributed by atoms with E-state index in [1.165, 1.54) is 18.2 Å². The minimum Gasteiger partial charge on any atom is -0.444 e. The number of carbonyl (C=O) groups is 2. The Morgan fingerprint density at radius 1 is 1.12 bits per heavy atom. The van der Waals surface area contributed by atoms with Crippen molar-refractivity contribution >= 4 is 24.0 Å². The molecular formula is C24H21F3N2O4. The fourth-order valence-electron chi connectivity index (χ4n) is 3.55. The second kappa shape index (κ2) is 8.06. The number of amides is 1. The number of hydrogen-bond donors (Lipinski definition) is 0. The molecule has 0 radical (unpaired) electrons. The number of rotatable bonds is 2. The zero-order chi connectivity index (χ0) is 24.0. The predicted molar refractivity (Wildman–Crippen MR) is 114 cm³/mol. The van der Waals surface area contributed by atoms with Crippen molar-refractivity contribution in [2.24, 2.45) is 4.99 Å². The fraction of sp³-hybridized carbons (Fsp3) is 0.292. The Kier molecular flexibility index (Phi) is 5.51. The molecular weight excluding hydrogens is 437 g/mol. The molecule has 2 aliphatic rings. The van der Waals surface area contributed by atoms with E-state index in [0.717, 1.165) is 23.3 Å². The van der Waals surface area contributed by atoms with Gasteiger partial charge in [0.1, 0.15) is 5.60 Å². The van der Waals surface area contributed by atoms with E-state index in [-0.39, 0.29) is 17.2 Å². The highest BCUT2D eigenvalue weighted by Crippen LogP contribution is 2.32. The molecule has 6 nitrogen and oxygen atoms in total. The van der Waals surface area contributed by atoms with Crippen molar-refractivity contribution in [3.63, 3.8) is 0 Å². The van der Waals surface area contributed by atoms with Gasteiger partial charge in [-0.25, -0.2) is 14.6 Å². The summed E-state index contributed by atoms with van der Waals surface area (Å²) in [6.45, 7) is 6.02. The molecule has 4 rings (SSSR count). The molecule has 0 saturated heterocycles. The molecule has 0 N–H and O–H groups in total. The van der Waals surface area contributed by atoms with Crippen LogP contribution in [0.1, 0.15) is 48.6 Å². The molecule has 0 saturated carbocycles. The van der Waals surface area contributed by atoms with E-state index in [0.29, 0.717) is 18.7 Å². The number of fused-ring (bicyclic) bond motifs is 1. The van der Waals surface area contributed by atoms with Crippen LogP contribution in [-0.4, -0.2) is 28.5 Å². The van der Waals surface area contributed by atoms with Crippen LogP contribution in [0.5, 0.6) is 0 Å². The number of ether oxygens (including phenoxy) is 2. The highest BCUT2D eigenvalue weighted by Gasteiger charge is 2.33. The smallest absolute Gasteiger partial charge is 0.416 e. The van der Waals surface area contributed by atoms with Crippen molar-refractivity contribution in [3.05, 3.63) is 76.0 Å². The molecule has 2 aliphatic heterocycles. The van der Waals surface area contributed by atoms with Crippen LogP contribution in [0.15, 0.2) is 53.2 Å². The second-order valence-corrected chi connectivity index (χ2v) is 8.74. The number of halogens is 3. The van der Waals surface area contributed by atoms with E-state index in [2.05, 4.69) is 4.99 Å². The van der Waals surface area contributed by atoms with Crippen molar-refractivity contribution in [3.8, 4) is 0 Å². The van der Waals surface area contributed by atoms with E-state index in [4.69, 9.17) is 9.47 Å². The van der Waals surface area contributed by atoms with Crippen LogP contribution in [0.25, 0.3) is 6.08 Å². The summed E-state index contributed by atoms with van der Waals surface area (Å²) in [6.07, 6.45) is -3.45. The number of alkyl halides is 3. The van der Waals surface area contributed by atoms with Gasteiger partial charge in [0.25, 0.3) is 0 Å². The summed E-state index contributed by atoms with van der Waals surface area (Å²) in [6, 6.07) is 9.88. The Bertz CT molecular complexity index is 1190. The molecule has 33 heavy (non-hydrogen) atoms. The Morgan fingerprint density at radius 3 is 2.55 bits per heavy atom. The van der Waals surface area contributed by atoms with Crippen LogP contribution < -0.4 is 0 Å². The normalized spacial score (nSPS) is 17.2. The lowest BCUT2D eigenvalue weighted by Crippen LogP contribution is -2.33. The molecule has 0 unspecified atom stereocenters. The van der Waals surface area contributed by atoms with Crippen LogP contribution >= 0.6 is 0 Å². The van der Waals surface area contributed by atoms with Gasteiger partial charge in [0.2, 0.25) is 5.90 Å². The van der Waals surface area contributed by atoms with Gasteiger partial charge in [-0.15, -0.1) is 0 Å². The predicted octanol–water partition coefficient (Wildman–Crippen LogP) is 5.30. The first-order valence-electron chi connectivity index (χ1n) is 10.2. The number of esters is 1. The summed E-state index contributed by atoms with van der Waals surface area (Å²) in [7, 11) is 0. The Labute approximate surface area is 188 Å². The van der Waals surface area contributed by atoms with E-state index in [9.17, 15) is 22.8 Å². The summed E-state index contributed by atoms with van der Waals surface area (Å²) in [5.74, 6) is -0.956. The van der Waals surface area contributed by atoms with Gasteiger partial charge in [0.05, 0.1) is 12.1 Å². The summed E-state index contributed by atoms with van der Waals surface area (Å²) < 4.78 is 49.6. The first kappa shape index (κ1) is 22.6. The van der Waals surface area contributed by atoms with Crippen molar-refractivity contribution < 1.29 is 32.2 Å². The monoisotopic (exact) mass is 458 g/mol. The lowest BCUT2D eigenvalue weighted by Gasteiger charge is -2.24. The molecule has 0 aromatic heterocycles. The lowest BCUT2D eigenvalue weighted by molar-refractivity contribution is -0.137. The maximum Gasteiger partial charge on any atom is 0.416 e. The zero-order valence-corrected chi connectivity index (χ0v) is 18.2. The third kappa shape index (κ3) is 4.92. The molecule has 0 fully saturated rings. The minimum atomic E-state index is -4.53. The summed E-state index contributed by atoms with van der Waals surface area (Å²) in [5, 5.41) is 0. The number of benzene rings is 2. The third-order valence-electron chi connectivity index (χ3n) is 5.02. The highest BCUT2D eigenvalue weighted by atomic mass is 19.4. The Balaban J connectivity index is 1.60. The Morgan fingerprint density at radius 2 is 1.85 bits per heavy atom. The van der Waals surface area contributed by atoms with Gasteiger partial charge in [0, 0.05) is 12.1 Å². The van der Waals surface area contributed by atoms with Gasteiger partial charge >= 0.3 is 18.2 Å². The molecule has 172 valence electrons. The van der Waals surface area contributed by atoms with E-state index < -0.39 is 29.4 Å². The molecule has 2 aromatic carbocycles. The van der Waals surface area contributed by atoms with Crippen LogP contribution in [0, 0.1) is 0 Å². The molecule has 2 aromatic rings. The van der Waals surface area contributed by atoms with Crippen molar-refractivity contribution in [1.29, 1.82) is 0 Å². The molecule has 0 aliphatic carbocycles. The number of nitrogens with zero attached hydrogens (tertiary/aromatic N) is 2. The van der Waals surface area contributed by atoms with E-state index in [1.807, 2.05) is 6.07 Å². The van der Waals surface area contributed by atoms with Gasteiger partial charge in [-0.05, 0) is 61.7 Å². The lowest BCUT2D eigenvalue weighted by atomic mass is 10.0. The third-order valence-corrected chi connectivity index (χ3v) is 5.02. The van der Waals surface area contributed by atoms with E-state index in [1.54, 1.807) is 37.8 Å². The standard InChI is InChI=1S/C24H21F3N2O4/c1-23(2,3)33-22(31)29-12-16-8-4-6-14(18(16)13-29)11-19-21(30)32-20(28-19)15-7-5-9-17(10-15)24(25,26)27/h4-11H,12-13H2,1-3H3/b19-11+. The van der Waals surface area contributed by atoms with Crippen molar-refractivity contribution in [2.75, 3.05) is 0 Å². The highest BCUT2D eigenvalue weighted by molar-refractivity contribution is 6.13. The second-order valence-electron chi connectivity index (χ2n) is 8.74. The fourth-order valence-corrected chi connectivity index (χ4v) is 3.55. The maximum absolute atomic E-state index is 13.0. The minimum absolute atomic E-state index is 0.0356. The number of carbonyl (C=O) groups excluding carboxylic acids is 2. The first-order valence-corrected chi connectivity index (χ1v) is 10.2. The quantitative estimate of drug-likeness (QED) is 0.452. The van der Waals surface area contributed by atoms with E-state index >= 15 is 0 Å². The molecule has 1 amide bonds. The zero-order valence-electron chi connectivity index (χ0n) is 18.2. The molecule has 9 heteroatoms.